The number of anilines is 1. The van der Waals surface area contributed by atoms with E-state index in [9.17, 15) is 19.2 Å². The summed E-state index contributed by atoms with van der Waals surface area (Å²) >= 11 is 0. The van der Waals surface area contributed by atoms with Crippen molar-refractivity contribution in [2.75, 3.05) is 45.8 Å². The average Bonchev–Trinajstić information content (AvgIpc) is 3.35. The predicted octanol–water partition coefficient (Wildman–Crippen LogP) is 1.76. The first-order valence-electron chi connectivity index (χ1n) is 12.2. The molecule has 1 saturated heterocycles. The molecule has 1 fully saturated rings. The van der Waals surface area contributed by atoms with Gasteiger partial charge in [-0.15, -0.1) is 0 Å². The highest BCUT2D eigenvalue weighted by molar-refractivity contribution is 5.94. The first kappa shape index (κ1) is 26.7. The van der Waals surface area contributed by atoms with E-state index in [4.69, 9.17) is 9.47 Å². The van der Waals surface area contributed by atoms with Gasteiger partial charge in [-0.2, -0.15) is 0 Å². The average molecular weight is 522 g/mol. The summed E-state index contributed by atoms with van der Waals surface area (Å²) in [6, 6.07) is 14.2. The van der Waals surface area contributed by atoms with Gasteiger partial charge >= 0.3 is 12.0 Å². The first-order valence-corrected chi connectivity index (χ1v) is 12.2. The Balaban J connectivity index is 1.52. The molecule has 0 saturated carbocycles. The maximum Gasteiger partial charge on any atom is 0.328 e. The van der Waals surface area contributed by atoms with Crippen LogP contribution in [0.3, 0.4) is 0 Å². The lowest BCUT2D eigenvalue weighted by atomic mass is 10.0. The summed E-state index contributed by atoms with van der Waals surface area (Å²) in [6.07, 6.45) is 1.97. The lowest BCUT2D eigenvalue weighted by molar-refractivity contribution is -0.149. The number of aromatic amines is 1. The maximum atomic E-state index is 13.5. The van der Waals surface area contributed by atoms with E-state index in [1.165, 1.54) is 24.0 Å². The highest BCUT2D eigenvalue weighted by Crippen LogP contribution is 2.20. The van der Waals surface area contributed by atoms with Crippen LogP contribution in [0, 0.1) is 0 Å². The summed E-state index contributed by atoms with van der Waals surface area (Å²) in [5, 5.41) is 6.49. The van der Waals surface area contributed by atoms with E-state index in [0.29, 0.717) is 5.69 Å². The molecule has 0 spiro atoms. The van der Waals surface area contributed by atoms with Crippen molar-refractivity contribution in [3.63, 3.8) is 0 Å². The Morgan fingerprint density at radius 1 is 1.03 bits per heavy atom. The highest BCUT2D eigenvalue weighted by atomic mass is 16.5. The van der Waals surface area contributed by atoms with Crippen molar-refractivity contribution in [2.24, 2.45) is 0 Å². The number of H-pyrrole nitrogens is 1. The smallest absolute Gasteiger partial charge is 0.328 e. The molecule has 1 aliphatic rings. The third-order valence-electron chi connectivity index (χ3n) is 6.48. The van der Waals surface area contributed by atoms with Gasteiger partial charge in [0.2, 0.25) is 11.8 Å². The standard InChI is InChI=1S/C27H31N5O6/c1-37-17-24(33)32-13-12-31(27(36)29-19-8-4-3-5-9-19)16-23(32)25(34)30-22(26(35)38-2)14-18-15-28-21-11-7-6-10-20(18)21/h3-11,15,22-23,28H,12-14,16-17H2,1-2H3,(H,29,36)(H,30,34)/t22-,23+/m1/s1. The van der Waals surface area contributed by atoms with E-state index in [-0.39, 0.29) is 38.6 Å². The zero-order valence-corrected chi connectivity index (χ0v) is 21.3. The second-order valence-electron chi connectivity index (χ2n) is 8.93. The Bertz CT molecular complexity index is 1290. The van der Waals surface area contributed by atoms with Crippen LogP contribution in [0.4, 0.5) is 10.5 Å². The molecule has 3 N–H and O–H groups in total. The molecule has 1 aliphatic heterocycles. The van der Waals surface area contributed by atoms with Gasteiger partial charge in [0.1, 0.15) is 18.7 Å². The number of fused-ring (bicyclic) bond motifs is 1. The van der Waals surface area contributed by atoms with Crippen molar-refractivity contribution in [1.82, 2.24) is 20.1 Å². The van der Waals surface area contributed by atoms with Crippen molar-refractivity contribution < 1.29 is 28.7 Å². The monoisotopic (exact) mass is 521 g/mol. The minimum Gasteiger partial charge on any atom is -0.467 e. The number of benzene rings is 2. The summed E-state index contributed by atoms with van der Waals surface area (Å²) < 4.78 is 9.95. The second kappa shape index (κ2) is 12.2. The molecule has 11 nitrogen and oxygen atoms in total. The van der Waals surface area contributed by atoms with Gasteiger partial charge in [0.25, 0.3) is 0 Å². The molecule has 0 unspecified atom stereocenters. The lowest BCUT2D eigenvalue weighted by Gasteiger charge is -2.40. The van der Waals surface area contributed by atoms with Gasteiger partial charge in [0.15, 0.2) is 0 Å². The van der Waals surface area contributed by atoms with E-state index in [1.54, 1.807) is 30.5 Å². The van der Waals surface area contributed by atoms with E-state index in [0.717, 1.165) is 16.5 Å². The molecule has 38 heavy (non-hydrogen) atoms. The molecular weight excluding hydrogens is 490 g/mol. The van der Waals surface area contributed by atoms with Gasteiger partial charge in [0, 0.05) is 49.4 Å². The predicted molar refractivity (Wildman–Crippen MR) is 140 cm³/mol. The molecule has 0 aliphatic carbocycles. The summed E-state index contributed by atoms with van der Waals surface area (Å²) in [6.45, 7) is 0.0954. The van der Waals surface area contributed by atoms with Crippen LogP contribution in [0.1, 0.15) is 5.56 Å². The summed E-state index contributed by atoms with van der Waals surface area (Å²) in [5.74, 6) is -1.57. The van der Waals surface area contributed by atoms with Crippen molar-refractivity contribution in [3.8, 4) is 0 Å². The first-order chi connectivity index (χ1) is 18.4. The van der Waals surface area contributed by atoms with Crippen LogP contribution in [0.2, 0.25) is 0 Å². The molecule has 2 aromatic carbocycles. The molecule has 4 rings (SSSR count). The minimum atomic E-state index is -1.02. The molecule has 3 aromatic rings. The molecular formula is C27H31N5O6. The van der Waals surface area contributed by atoms with Gasteiger partial charge in [-0.3, -0.25) is 9.59 Å². The van der Waals surface area contributed by atoms with Crippen LogP contribution in [0.25, 0.3) is 10.9 Å². The molecule has 2 atom stereocenters. The number of urea groups is 1. The number of ether oxygens (including phenoxy) is 2. The van der Waals surface area contributed by atoms with Crippen molar-refractivity contribution in [2.45, 2.75) is 18.5 Å². The van der Waals surface area contributed by atoms with Crippen LogP contribution in [0.15, 0.2) is 60.8 Å². The number of para-hydroxylation sites is 2. The molecule has 200 valence electrons. The largest absolute Gasteiger partial charge is 0.467 e. The number of amides is 4. The van der Waals surface area contributed by atoms with Gasteiger partial charge in [0.05, 0.1) is 13.7 Å². The van der Waals surface area contributed by atoms with E-state index >= 15 is 0 Å². The van der Waals surface area contributed by atoms with E-state index < -0.39 is 30.0 Å². The summed E-state index contributed by atoms with van der Waals surface area (Å²) in [5.41, 5.74) is 2.35. The molecule has 2 heterocycles. The number of nitrogens with zero attached hydrogens (tertiary/aromatic N) is 2. The highest BCUT2D eigenvalue weighted by Gasteiger charge is 2.38. The van der Waals surface area contributed by atoms with E-state index in [2.05, 4.69) is 15.6 Å². The Hall–Kier alpha value is -4.38. The number of piperazine rings is 1. The Kier molecular flexibility index (Phi) is 8.59. The SMILES string of the molecule is COCC(=O)N1CCN(C(=O)Nc2ccccc2)C[C@H]1C(=O)N[C@H](Cc1c[nH]c2ccccc12)C(=O)OC. The third-order valence-corrected chi connectivity index (χ3v) is 6.48. The van der Waals surface area contributed by atoms with Crippen molar-refractivity contribution in [3.05, 3.63) is 66.4 Å². The van der Waals surface area contributed by atoms with Gasteiger partial charge in [-0.25, -0.2) is 9.59 Å². The Morgan fingerprint density at radius 2 is 1.76 bits per heavy atom. The number of carbonyl (C=O) groups is 4. The molecule has 0 bridgehead atoms. The zero-order chi connectivity index (χ0) is 27.1. The van der Waals surface area contributed by atoms with Gasteiger partial charge < -0.3 is 34.9 Å². The number of nitrogens with one attached hydrogen (secondary N) is 3. The third kappa shape index (κ3) is 6.12. The quantitative estimate of drug-likeness (QED) is 0.387. The molecule has 11 heteroatoms. The van der Waals surface area contributed by atoms with Crippen LogP contribution in [-0.2, 0) is 30.3 Å². The maximum absolute atomic E-state index is 13.5. The molecule has 0 radical (unpaired) electrons. The minimum absolute atomic E-state index is 0.0546. The fourth-order valence-electron chi connectivity index (χ4n) is 4.54. The van der Waals surface area contributed by atoms with Crippen LogP contribution in [-0.4, -0.2) is 91.1 Å². The zero-order valence-electron chi connectivity index (χ0n) is 21.3. The van der Waals surface area contributed by atoms with Crippen LogP contribution >= 0.6 is 0 Å². The summed E-state index contributed by atoms with van der Waals surface area (Å²) in [7, 11) is 2.65. The second-order valence-corrected chi connectivity index (χ2v) is 8.93. The Morgan fingerprint density at radius 3 is 2.50 bits per heavy atom. The van der Waals surface area contributed by atoms with Crippen LogP contribution < -0.4 is 10.6 Å². The number of carbonyl (C=O) groups excluding carboxylic acids is 4. The number of rotatable bonds is 8. The van der Waals surface area contributed by atoms with Crippen molar-refractivity contribution >= 4 is 40.4 Å². The van der Waals surface area contributed by atoms with Crippen molar-refractivity contribution in [1.29, 1.82) is 0 Å². The number of hydrogen-bond donors (Lipinski definition) is 3. The number of esters is 1. The van der Waals surface area contributed by atoms with Crippen LogP contribution in [0.5, 0.6) is 0 Å². The van der Waals surface area contributed by atoms with E-state index in [1.807, 2.05) is 30.3 Å². The molecule has 4 amide bonds. The molecule has 1 aromatic heterocycles. The van der Waals surface area contributed by atoms with Gasteiger partial charge in [-0.1, -0.05) is 36.4 Å². The fourth-order valence-corrected chi connectivity index (χ4v) is 4.54. The fraction of sp³-hybridized carbons (Fsp3) is 0.333. The topological polar surface area (TPSA) is 133 Å². The number of aromatic nitrogens is 1. The Labute approximate surface area is 220 Å². The number of methoxy groups -OCH3 is 2. The normalized spacial score (nSPS) is 16.1. The number of hydrogen-bond acceptors (Lipinski definition) is 6. The van der Waals surface area contributed by atoms with Gasteiger partial charge in [-0.05, 0) is 23.8 Å². The summed E-state index contributed by atoms with van der Waals surface area (Å²) in [4.78, 5) is 57.9. The lowest BCUT2D eigenvalue weighted by Crippen LogP contribution is -2.63.